The molecule has 0 aliphatic heterocycles. The number of nitrogens with one attached hydrogen (secondary N) is 1. The summed E-state index contributed by atoms with van der Waals surface area (Å²) < 4.78 is 7.72. The van der Waals surface area contributed by atoms with Gasteiger partial charge in [0.2, 0.25) is 0 Å². The minimum absolute atomic E-state index is 0.180. The molecule has 0 unspecified atom stereocenters. The molecule has 0 saturated heterocycles. The van der Waals surface area contributed by atoms with Crippen LogP contribution in [0.15, 0.2) is 55.1 Å². The molecule has 27 heavy (non-hydrogen) atoms. The fourth-order valence-electron chi connectivity index (χ4n) is 2.87. The van der Waals surface area contributed by atoms with Gasteiger partial charge < -0.3 is 14.6 Å². The van der Waals surface area contributed by atoms with E-state index in [2.05, 4.69) is 10.3 Å². The first kappa shape index (κ1) is 19.0. The van der Waals surface area contributed by atoms with Crippen LogP contribution in [-0.2, 0) is 11.3 Å². The van der Waals surface area contributed by atoms with Crippen molar-refractivity contribution < 1.29 is 9.53 Å². The number of halogens is 1. The highest BCUT2D eigenvalue weighted by molar-refractivity contribution is 6.32. The highest BCUT2D eigenvalue weighted by Gasteiger charge is 2.16. The quantitative estimate of drug-likeness (QED) is 0.693. The molecule has 6 heteroatoms. The number of aryl methyl sites for hydroxylation is 2. The van der Waals surface area contributed by atoms with Crippen LogP contribution in [0.4, 0.5) is 0 Å². The number of benzene rings is 2. The summed E-state index contributed by atoms with van der Waals surface area (Å²) in [6, 6.07) is 11.6. The molecule has 5 nitrogen and oxygen atoms in total. The van der Waals surface area contributed by atoms with Crippen LogP contribution in [0.1, 0.15) is 23.6 Å². The van der Waals surface area contributed by atoms with Gasteiger partial charge >= 0.3 is 0 Å². The summed E-state index contributed by atoms with van der Waals surface area (Å²) in [4.78, 5) is 16.6. The number of amides is 1. The van der Waals surface area contributed by atoms with Gasteiger partial charge in [0, 0.05) is 24.0 Å². The molecule has 2 aromatic carbocycles. The largest absolute Gasteiger partial charge is 0.481 e. The lowest BCUT2D eigenvalue weighted by Gasteiger charge is -2.17. The second kappa shape index (κ2) is 8.27. The normalized spacial score (nSPS) is 11.9. The lowest BCUT2D eigenvalue weighted by molar-refractivity contribution is -0.127. The Hall–Kier alpha value is -2.79. The third-order valence-electron chi connectivity index (χ3n) is 4.32. The number of hydrogen-bond donors (Lipinski definition) is 1. The summed E-state index contributed by atoms with van der Waals surface area (Å²) in [6.07, 6.45) is 4.71. The molecule has 0 spiro atoms. The molecule has 1 amide bonds. The molecular formula is C21H22ClN3O2. The average Bonchev–Trinajstić information content (AvgIpc) is 3.18. The molecule has 1 heterocycles. The van der Waals surface area contributed by atoms with Gasteiger partial charge in [0.1, 0.15) is 5.75 Å². The highest BCUT2D eigenvalue weighted by Crippen LogP contribution is 2.26. The predicted molar refractivity (Wildman–Crippen MR) is 106 cm³/mol. The van der Waals surface area contributed by atoms with Gasteiger partial charge in [-0.3, -0.25) is 4.79 Å². The smallest absolute Gasteiger partial charge is 0.261 e. The Labute approximate surface area is 164 Å². The lowest BCUT2D eigenvalue weighted by atomic mass is 10.1. The fourth-order valence-corrected chi connectivity index (χ4v) is 2.98. The minimum atomic E-state index is -0.620. The summed E-state index contributed by atoms with van der Waals surface area (Å²) in [5.41, 5.74) is 3.82. The van der Waals surface area contributed by atoms with Gasteiger partial charge in [0.05, 0.1) is 12.0 Å². The molecule has 0 aliphatic carbocycles. The highest BCUT2D eigenvalue weighted by atomic mass is 35.5. The van der Waals surface area contributed by atoms with E-state index in [1.165, 1.54) is 0 Å². The Bertz CT molecular complexity index is 915. The van der Waals surface area contributed by atoms with Crippen LogP contribution in [0, 0.1) is 13.8 Å². The molecule has 0 radical (unpaired) electrons. The lowest BCUT2D eigenvalue weighted by Crippen LogP contribution is -2.36. The molecule has 0 saturated carbocycles. The molecule has 0 fully saturated rings. The van der Waals surface area contributed by atoms with Crippen LogP contribution in [0.25, 0.3) is 5.69 Å². The molecule has 140 valence electrons. The zero-order valence-corrected chi connectivity index (χ0v) is 16.3. The Morgan fingerprint density at radius 2 is 1.96 bits per heavy atom. The summed E-state index contributed by atoms with van der Waals surface area (Å²) in [5, 5.41) is 3.66. The van der Waals surface area contributed by atoms with Crippen LogP contribution < -0.4 is 10.1 Å². The number of ether oxygens (including phenoxy) is 1. The van der Waals surface area contributed by atoms with Gasteiger partial charge in [-0.25, -0.2) is 4.98 Å². The summed E-state index contributed by atoms with van der Waals surface area (Å²) in [5.74, 6) is 0.455. The number of carbonyl (C=O) groups excluding carboxylic acids is 1. The maximum atomic E-state index is 12.5. The first-order valence-corrected chi connectivity index (χ1v) is 9.11. The van der Waals surface area contributed by atoms with E-state index < -0.39 is 6.10 Å². The fraction of sp³-hybridized carbons (Fsp3) is 0.238. The number of hydrogen-bond acceptors (Lipinski definition) is 3. The second-order valence-corrected chi connectivity index (χ2v) is 6.83. The molecule has 0 aliphatic rings. The van der Waals surface area contributed by atoms with E-state index >= 15 is 0 Å². The number of nitrogens with zero attached hydrogens (tertiary/aromatic N) is 2. The van der Waals surface area contributed by atoms with E-state index in [-0.39, 0.29) is 5.91 Å². The van der Waals surface area contributed by atoms with E-state index in [1.807, 2.05) is 61.0 Å². The van der Waals surface area contributed by atoms with E-state index in [0.29, 0.717) is 12.3 Å². The molecule has 0 bridgehead atoms. The third kappa shape index (κ3) is 4.49. The van der Waals surface area contributed by atoms with Gasteiger partial charge in [0.25, 0.3) is 5.91 Å². The van der Waals surface area contributed by atoms with Gasteiger partial charge in [0.15, 0.2) is 6.10 Å². The summed E-state index contributed by atoms with van der Waals surface area (Å²) in [7, 11) is 0. The molecule has 1 N–H and O–H groups in total. The number of aromatic nitrogens is 2. The molecule has 3 aromatic rings. The van der Waals surface area contributed by atoms with Gasteiger partial charge in [-0.05, 0) is 55.7 Å². The standard InChI is InChI=1S/C21H22ClN3O2/c1-14-10-18(11-15(2)20(14)22)27-16(3)21(26)24-12-17-6-4-5-7-19(17)25-9-8-23-13-25/h4-11,13,16H,12H2,1-3H3,(H,24,26)/t16-/m0/s1. The van der Waals surface area contributed by atoms with Crippen LogP contribution >= 0.6 is 11.6 Å². The van der Waals surface area contributed by atoms with Crippen molar-refractivity contribution >= 4 is 17.5 Å². The van der Waals surface area contributed by atoms with E-state index in [9.17, 15) is 4.79 Å². The van der Waals surface area contributed by atoms with Crippen molar-refractivity contribution in [3.05, 3.63) is 76.8 Å². The van der Waals surface area contributed by atoms with Crippen molar-refractivity contribution in [2.45, 2.75) is 33.4 Å². The SMILES string of the molecule is Cc1cc(O[C@@H](C)C(=O)NCc2ccccc2-n2ccnc2)cc(C)c1Cl. The molecule has 3 rings (SSSR count). The Balaban J connectivity index is 1.65. The van der Waals surface area contributed by atoms with Crippen molar-refractivity contribution in [3.8, 4) is 11.4 Å². The minimum Gasteiger partial charge on any atom is -0.481 e. The number of para-hydroxylation sites is 1. The summed E-state index contributed by atoms with van der Waals surface area (Å²) >= 11 is 6.18. The second-order valence-electron chi connectivity index (χ2n) is 6.45. The van der Waals surface area contributed by atoms with Gasteiger partial charge in [-0.15, -0.1) is 0 Å². The average molecular weight is 384 g/mol. The van der Waals surface area contributed by atoms with E-state index in [4.69, 9.17) is 16.3 Å². The maximum Gasteiger partial charge on any atom is 0.261 e. The van der Waals surface area contributed by atoms with Crippen molar-refractivity contribution in [3.63, 3.8) is 0 Å². The zero-order valence-electron chi connectivity index (χ0n) is 15.6. The third-order valence-corrected chi connectivity index (χ3v) is 4.92. The van der Waals surface area contributed by atoms with Crippen LogP contribution in [0.2, 0.25) is 5.02 Å². The predicted octanol–water partition coefficient (Wildman–Crippen LogP) is 4.23. The molecule has 1 atom stereocenters. The van der Waals surface area contributed by atoms with Crippen LogP contribution in [0.5, 0.6) is 5.75 Å². The van der Waals surface area contributed by atoms with Crippen molar-refractivity contribution in [1.29, 1.82) is 0 Å². The van der Waals surface area contributed by atoms with Gasteiger partial charge in [-0.1, -0.05) is 29.8 Å². The van der Waals surface area contributed by atoms with Crippen LogP contribution in [0.3, 0.4) is 0 Å². The Morgan fingerprint density at radius 1 is 1.26 bits per heavy atom. The van der Waals surface area contributed by atoms with E-state index in [1.54, 1.807) is 19.4 Å². The monoisotopic (exact) mass is 383 g/mol. The van der Waals surface area contributed by atoms with Crippen molar-refractivity contribution in [1.82, 2.24) is 14.9 Å². The van der Waals surface area contributed by atoms with E-state index in [0.717, 1.165) is 27.4 Å². The Kier molecular flexibility index (Phi) is 5.81. The number of carbonyl (C=O) groups is 1. The number of imidazole rings is 1. The van der Waals surface area contributed by atoms with Crippen LogP contribution in [-0.4, -0.2) is 21.6 Å². The maximum absolute atomic E-state index is 12.5. The number of rotatable bonds is 6. The topological polar surface area (TPSA) is 56.1 Å². The van der Waals surface area contributed by atoms with Gasteiger partial charge in [-0.2, -0.15) is 0 Å². The van der Waals surface area contributed by atoms with Crippen molar-refractivity contribution in [2.75, 3.05) is 0 Å². The molecular weight excluding hydrogens is 362 g/mol. The summed E-state index contributed by atoms with van der Waals surface area (Å²) in [6.45, 7) is 5.97. The first-order valence-electron chi connectivity index (χ1n) is 8.73. The zero-order chi connectivity index (χ0) is 19.4. The first-order chi connectivity index (χ1) is 13.0. The molecule has 1 aromatic heterocycles. The Morgan fingerprint density at radius 3 is 2.63 bits per heavy atom. The van der Waals surface area contributed by atoms with Crippen molar-refractivity contribution in [2.24, 2.45) is 0 Å².